The number of anilines is 1. The highest BCUT2D eigenvalue weighted by molar-refractivity contribution is 6.33. The summed E-state index contributed by atoms with van der Waals surface area (Å²) in [5.41, 5.74) is 1.79. The number of carbonyl (C=O) groups is 1. The van der Waals surface area contributed by atoms with E-state index in [1.807, 2.05) is 30.0 Å². The van der Waals surface area contributed by atoms with Crippen molar-refractivity contribution in [3.63, 3.8) is 0 Å². The van der Waals surface area contributed by atoms with E-state index >= 15 is 0 Å². The Balaban J connectivity index is 2.03. The second-order valence-corrected chi connectivity index (χ2v) is 5.22. The van der Waals surface area contributed by atoms with E-state index in [2.05, 4.69) is 5.32 Å². The Kier molecular flexibility index (Phi) is 4.48. The minimum absolute atomic E-state index is 0.0376. The lowest BCUT2D eigenvalue weighted by Crippen LogP contribution is -2.35. The summed E-state index contributed by atoms with van der Waals surface area (Å²) in [5, 5.41) is 3.49. The Labute approximate surface area is 113 Å². The van der Waals surface area contributed by atoms with Crippen molar-refractivity contribution in [3.05, 3.63) is 28.8 Å². The van der Waals surface area contributed by atoms with Gasteiger partial charge in [-0.2, -0.15) is 0 Å². The lowest BCUT2D eigenvalue weighted by Gasteiger charge is -2.21. The number of nitrogens with zero attached hydrogens (tertiary/aromatic N) is 1. The summed E-state index contributed by atoms with van der Waals surface area (Å²) in [7, 11) is 0. The normalized spacial score (nSPS) is 16.2. The molecule has 0 saturated carbocycles. The first-order chi connectivity index (χ1) is 8.66. The first kappa shape index (κ1) is 13.2. The lowest BCUT2D eigenvalue weighted by molar-refractivity contribution is 0.214. The van der Waals surface area contributed by atoms with E-state index in [4.69, 9.17) is 11.6 Å². The zero-order valence-corrected chi connectivity index (χ0v) is 11.5. The molecule has 98 valence electrons. The van der Waals surface area contributed by atoms with Crippen LogP contribution in [0.25, 0.3) is 0 Å². The fourth-order valence-electron chi connectivity index (χ4n) is 2.20. The lowest BCUT2D eigenvalue weighted by atomic mass is 10.2. The molecule has 0 atom stereocenters. The third-order valence-electron chi connectivity index (χ3n) is 3.26. The van der Waals surface area contributed by atoms with Crippen molar-refractivity contribution in [3.8, 4) is 0 Å². The molecule has 0 bridgehead atoms. The van der Waals surface area contributed by atoms with Gasteiger partial charge in [-0.3, -0.25) is 0 Å². The van der Waals surface area contributed by atoms with E-state index in [1.165, 1.54) is 12.8 Å². The van der Waals surface area contributed by atoms with E-state index in [1.54, 1.807) is 0 Å². The van der Waals surface area contributed by atoms with Crippen molar-refractivity contribution < 1.29 is 4.79 Å². The quantitative estimate of drug-likeness (QED) is 0.817. The average molecular weight is 267 g/mol. The Morgan fingerprint density at radius 3 is 2.56 bits per heavy atom. The average Bonchev–Trinajstić information content (AvgIpc) is 2.62. The topological polar surface area (TPSA) is 32.3 Å². The molecule has 1 saturated heterocycles. The first-order valence-corrected chi connectivity index (χ1v) is 6.87. The van der Waals surface area contributed by atoms with Crippen LogP contribution in [0.5, 0.6) is 0 Å². The molecule has 0 aliphatic carbocycles. The standard InChI is InChI=1S/C14H19ClN2O/c1-11-6-7-12(15)13(10-11)16-14(18)17-8-4-2-3-5-9-17/h6-7,10H,2-5,8-9H2,1H3,(H,16,18). The van der Waals surface area contributed by atoms with Crippen molar-refractivity contribution >= 4 is 23.3 Å². The number of hydrogen-bond donors (Lipinski definition) is 1. The van der Waals surface area contributed by atoms with Crippen LogP contribution in [0.4, 0.5) is 10.5 Å². The van der Waals surface area contributed by atoms with E-state index in [9.17, 15) is 4.79 Å². The molecule has 18 heavy (non-hydrogen) atoms. The van der Waals surface area contributed by atoms with Gasteiger partial charge in [-0.15, -0.1) is 0 Å². The number of halogens is 1. The Hall–Kier alpha value is -1.22. The molecule has 1 aliphatic rings. The summed E-state index contributed by atoms with van der Waals surface area (Å²) >= 11 is 6.08. The second kappa shape index (κ2) is 6.10. The molecule has 2 rings (SSSR count). The largest absolute Gasteiger partial charge is 0.325 e. The highest BCUT2D eigenvalue weighted by Crippen LogP contribution is 2.23. The molecule has 1 aromatic carbocycles. The minimum Gasteiger partial charge on any atom is -0.325 e. The van der Waals surface area contributed by atoms with Crippen molar-refractivity contribution in [1.82, 2.24) is 4.90 Å². The zero-order valence-electron chi connectivity index (χ0n) is 10.7. The van der Waals surface area contributed by atoms with E-state index in [-0.39, 0.29) is 6.03 Å². The van der Waals surface area contributed by atoms with Crippen molar-refractivity contribution in [2.75, 3.05) is 18.4 Å². The Morgan fingerprint density at radius 2 is 1.89 bits per heavy atom. The maximum Gasteiger partial charge on any atom is 0.321 e. The second-order valence-electron chi connectivity index (χ2n) is 4.81. The van der Waals surface area contributed by atoms with Gasteiger partial charge in [0.15, 0.2) is 0 Å². The SMILES string of the molecule is Cc1ccc(Cl)c(NC(=O)N2CCCCCC2)c1. The molecule has 0 unspecified atom stereocenters. The molecule has 1 heterocycles. The third kappa shape index (κ3) is 3.39. The molecule has 4 heteroatoms. The van der Waals surface area contributed by atoms with Crippen LogP contribution in [0.1, 0.15) is 31.2 Å². The van der Waals surface area contributed by atoms with Crippen LogP contribution in [0.15, 0.2) is 18.2 Å². The van der Waals surface area contributed by atoms with Gasteiger partial charge < -0.3 is 10.2 Å². The molecule has 0 spiro atoms. The summed E-state index contributed by atoms with van der Waals surface area (Å²) in [6.07, 6.45) is 4.62. The van der Waals surface area contributed by atoms with E-state index in [0.29, 0.717) is 10.7 Å². The Morgan fingerprint density at radius 1 is 1.22 bits per heavy atom. The van der Waals surface area contributed by atoms with Gasteiger partial charge >= 0.3 is 6.03 Å². The van der Waals surface area contributed by atoms with Gasteiger partial charge in [-0.25, -0.2) is 4.79 Å². The maximum atomic E-state index is 12.1. The predicted molar refractivity (Wildman–Crippen MR) is 75.2 cm³/mol. The number of hydrogen-bond acceptors (Lipinski definition) is 1. The summed E-state index contributed by atoms with van der Waals surface area (Å²) in [6.45, 7) is 3.67. The molecular weight excluding hydrogens is 248 g/mol. The summed E-state index contributed by atoms with van der Waals surface area (Å²) in [6, 6.07) is 5.61. The number of aryl methyl sites for hydroxylation is 1. The van der Waals surface area contributed by atoms with Crippen LogP contribution >= 0.6 is 11.6 Å². The monoisotopic (exact) mass is 266 g/mol. The number of urea groups is 1. The summed E-state index contributed by atoms with van der Waals surface area (Å²) < 4.78 is 0. The molecule has 1 aromatic rings. The molecule has 0 radical (unpaired) electrons. The molecule has 2 amide bonds. The maximum absolute atomic E-state index is 12.1. The minimum atomic E-state index is -0.0376. The number of carbonyl (C=O) groups excluding carboxylic acids is 1. The van der Waals surface area contributed by atoms with Gasteiger partial charge in [-0.05, 0) is 37.5 Å². The Bertz CT molecular complexity index is 426. The number of amides is 2. The fourth-order valence-corrected chi connectivity index (χ4v) is 2.37. The number of nitrogens with one attached hydrogen (secondary N) is 1. The molecule has 1 fully saturated rings. The smallest absolute Gasteiger partial charge is 0.321 e. The van der Waals surface area contributed by atoms with Crippen LogP contribution in [0.3, 0.4) is 0 Å². The zero-order chi connectivity index (χ0) is 13.0. The highest BCUT2D eigenvalue weighted by Gasteiger charge is 2.16. The van der Waals surface area contributed by atoms with Crippen LogP contribution < -0.4 is 5.32 Å². The van der Waals surface area contributed by atoms with Crippen LogP contribution in [-0.2, 0) is 0 Å². The van der Waals surface area contributed by atoms with Crippen molar-refractivity contribution in [2.24, 2.45) is 0 Å². The van der Waals surface area contributed by atoms with E-state index in [0.717, 1.165) is 31.5 Å². The summed E-state index contributed by atoms with van der Waals surface area (Å²) in [4.78, 5) is 14.0. The number of likely N-dealkylation sites (tertiary alicyclic amines) is 1. The number of rotatable bonds is 1. The van der Waals surface area contributed by atoms with Gasteiger partial charge in [0.2, 0.25) is 0 Å². The third-order valence-corrected chi connectivity index (χ3v) is 3.59. The van der Waals surface area contributed by atoms with Gasteiger partial charge in [0.25, 0.3) is 0 Å². The first-order valence-electron chi connectivity index (χ1n) is 6.49. The number of benzene rings is 1. The van der Waals surface area contributed by atoms with Gasteiger partial charge in [0.05, 0.1) is 10.7 Å². The van der Waals surface area contributed by atoms with Gasteiger partial charge in [0.1, 0.15) is 0 Å². The molecule has 3 nitrogen and oxygen atoms in total. The van der Waals surface area contributed by atoms with Crippen LogP contribution in [0.2, 0.25) is 5.02 Å². The van der Waals surface area contributed by atoms with E-state index < -0.39 is 0 Å². The molecule has 1 aliphatic heterocycles. The van der Waals surface area contributed by atoms with Crippen LogP contribution in [0, 0.1) is 6.92 Å². The fraction of sp³-hybridized carbons (Fsp3) is 0.500. The highest BCUT2D eigenvalue weighted by atomic mass is 35.5. The van der Waals surface area contributed by atoms with Crippen molar-refractivity contribution in [2.45, 2.75) is 32.6 Å². The van der Waals surface area contributed by atoms with Crippen molar-refractivity contribution in [1.29, 1.82) is 0 Å². The predicted octanol–water partition coefficient (Wildman–Crippen LogP) is 4.06. The molecule has 0 aromatic heterocycles. The van der Waals surface area contributed by atoms with Crippen LogP contribution in [-0.4, -0.2) is 24.0 Å². The van der Waals surface area contributed by atoms with Gasteiger partial charge in [0, 0.05) is 13.1 Å². The molecular formula is C14H19ClN2O. The molecule has 1 N–H and O–H groups in total. The van der Waals surface area contributed by atoms with Gasteiger partial charge in [-0.1, -0.05) is 30.5 Å². The summed E-state index contributed by atoms with van der Waals surface area (Å²) in [5.74, 6) is 0.